The van der Waals surface area contributed by atoms with E-state index in [1.54, 1.807) is 30.1 Å². The quantitative estimate of drug-likeness (QED) is 0.566. The Bertz CT molecular complexity index is 626. The fourth-order valence-corrected chi connectivity index (χ4v) is 2.59. The number of hydrogen-bond acceptors (Lipinski definition) is 6. The summed E-state index contributed by atoms with van der Waals surface area (Å²) in [7, 11) is 3.08. The summed E-state index contributed by atoms with van der Waals surface area (Å²) < 4.78 is 21.9. The Morgan fingerprint density at radius 1 is 1.50 bits per heavy atom. The van der Waals surface area contributed by atoms with Crippen molar-refractivity contribution in [3.05, 3.63) is 38.4 Å². The average molecular weight is 412 g/mol. The molecule has 0 amide bonds. The fraction of sp³-hybridized carbons (Fsp3) is 0.455. The summed E-state index contributed by atoms with van der Waals surface area (Å²) in [6.45, 7) is 0.250. The lowest BCUT2D eigenvalue weighted by Gasteiger charge is -2.19. The summed E-state index contributed by atoms with van der Waals surface area (Å²) in [6.07, 6.45) is 0.554. The molecule has 1 aromatic rings. The van der Waals surface area contributed by atoms with Crippen LogP contribution in [0.25, 0.3) is 0 Å². The topological polar surface area (TPSA) is 85.6 Å². The second-order valence-corrected chi connectivity index (χ2v) is 5.00. The van der Waals surface area contributed by atoms with Gasteiger partial charge in [-0.2, -0.15) is 0 Å². The first-order valence-corrected chi connectivity index (χ1v) is 6.93. The summed E-state index contributed by atoms with van der Waals surface area (Å²) in [5.41, 5.74) is 0.242. The van der Waals surface area contributed by atoms with Crippen LogP contribution >= 0.6 is 35.2 Å². The van der Waals surface area contributed by atoms with Gasteiger partial charge in [0.15, 0.2) is 23.7 Å². The number of aromatic amines is 2. The summed E-state index contributed by atoms with van der Waals surface area (Å²) in [6, 6.07) is 0. The molecule has 9 heteroatoms. The standard InChI is InChI=1S/C11H13IN2O5S/c1-16-8-6(4-18-12)19-7(9(8)17-2)5-3-13-11(15)14-10(5)20/h3,7,9H,4H2,1-2H3,(H2,13,14,15,20)/t7-,9?/m0/s1. The molecule has 0 saturated heterocycles. The molecule has 2 heterocycles. The van der Waals surface area contributed by atoms with Crippen LogP contribution in [0.4, 0.5) is 0 Å². The van der Waals surface area contributed by atoms with Crippen molar-refractivity contribution in [3.63, 3.8) is 0 Å². The summed E-state index contributed by atoms with van der Waals surface area (Å²) in [4.78, 5) is 16.2. The van der Waals surface area contributed by atoms with Gasteiger partial charge in [0.1, 0.15) is 34.3 Å². The van der Waals surface area contributed by atoms with Crippen molar-refractivity contribution >= 4 is 35.2 Å². The van der Waals surface area contributed by atoms with Crippen molar-refractivity contribution in [3.8, 4) is 0 Å². The Labute approximate surface area is 134 Å². The molecule has 0 spiro atoms. The molecular weight excluding hydrogens is 399 g/mol. The molecule has 1 unspecified atom stereocenters. The molecule has 0 radical (unpaired) electrons. The van der Waals surface area contributed by atoms with Crippen molar-refractivity contribution in [1.82, 2.24) is 9.97 Å². The average Bonchev–Trinajstić information content (AvgIpc) is 2.76. The molecule has 7 nitrogen and oxygen atoms in total. The highest BCUT2D eigenvalue weighted by atomic mass is 127. The van der Waals surface area contributed by atoms with Crippen LogP contribution in [0.1, 0.15) is 11.7 Å². The first-order chi connectivity index (χ1) is 9.62. The lowest BCUT2D eigenvalue weighted by atomic mass is 10.1. The monoisotopic (exact) mass is 412 g/mol. The van der Waals surface area contributed by atoms with E-state index < -0.39 is 12.2 Å². The van der Waals surface area contributed by atoms with Gasteiger partial charge in [0.2, 0.25) is 0 Å². The van der Waals surface area contributed by atoms with Gasteiger partial charge in [-0.05, 0) is 0 Å². The van der Waals surface area contributed by atoms with Crippen LogP contribution in [0, 0.1) is 4.64 Å². The van der Waals surface area contributed by atoms with E-state index in [0.29, 0.717) is 21.7 Å². The van der Waals surface area contributed by atoms with Crippen molar-refractivity contribution in [2.75, 3.05) is 20.8 Å². The predicted octanol–water partition coefficient (Wildman–Crippen LogP) is 1.74. The first-order valence-electron chi connectivity index (χ1n) is 5.64. The maximum absolute atomic E-state index is 11.2. The number of ether oxygens (including phenoxy) is 3. The van der Waals surface area contributed by atoms with Crippen molar-refractivity contribution in [1.29, 1.82) is 0 Å². The number of methoxy groups -OCH3 is 2. The Balaban J connectivity index is 2.39. The van der Waals surface area contributed by atoms with E-state index in [1.165, 1.54) is 13.3 Å². The first kappa shape index (κ1) is 15.5. The van der Waals surface area contributed by atoms with Gasteiger partial charge < -0.3 is 22.3 Å². The molecule has 0 aromatic carbocycles. The SMILES string of the molecule is COC1=C(COI)O[C@@H](c2c[nH]c(=O)[nH]c2=S)C1OC. The highest BCUT2D eigenvalue weighted by molar-refractivity contribution is 14.1. The van der Waals surface area contributed by atoms with Gasteiger partial charge in [0, 0.05) is 18.9 Å². The predicted molar refractivity (Wildman–Crippen MR) is 80.9 cm³/mol. The Morgan fingerprint density at radius 2 is 2.25 bits per heavy atom. The summed E-state index contributed by atoms with van der Waals surface area (Å²) in [5, 5.41) is 0. The molecule has 1 aliphatic rings. The van der Waals surface area contributed by atoms with Crippen LogP contribution in [-0.4, -0.2) is 36.9 Å². The molecule has 110 valence electrons. The number of nitrogens with one attached hydrogen (secondary N) is 2. The third-order valence-electron chi connectivity index (χ3n) is 2.89. The van der Waals surface area contributed by atoms with E-state index in [0.717, 1.165) is 0 Å². The van der Waals surface area contributed by atoms with E-state index in [4.69, 9.17) is 29.5 Å². The third kappa shape index (κ3) is 2.90. The smallest absolute Gasteiger partial charge is 0.323 e. The third-order valence-corrected chi connectivity index (χ3v) is 3.54. The molecular formula is C11H13IN2O5S. The largest absolute Gasteiger partial charge is 0.495 e. The molecule has 1 aliphatic heterocycles. The van der Waals surface area contributed by atoms with E-state index in [-0.39, 0.29) is 12.3 Å². The Kier molecular flexibility index (Phi) is 5.18. The van der Waals surface area contributed by atoms with E-state index in [9.17, 15) is 4.79 Å². The molecule has 0 aliphatic carbocycles. The minimum atomic E-state index is -0.503. The lowest BCUT2D eigenvalue weighted by molar-refractivity contribution is 0.00281. The highest BCUT2D eigenvalue weighted by Crippen LogP contribution is 2.38. The van der Waals surface area contributed by atoms with Crippen molar-refractivity contribution in [2.45, 2.75) is 12.2 Å². The van der Waals surface area contributed by atoms with Crippen LogP contribution in [0.5, 0.6) is 0 Å². The van der Waals surface area contributed by atoms with Gasteiger partial charge in [0.05, 0.1) is 7.11 Å². The Morgan fingerprint density at radius 3 is 2.80 bits per heavy atom. The van der Waals surface area contributed by atoms with Crippen LogP contribution in [0.2, 0.25) is 0 Å². The second kappa shape index (κ2) is 6.70. The number of rotatable bonds is 5. The van der Waals surface area contributed by atoms with Gasteiger partial charge in [-0.15, -0.1) is 0 Å². The minimum absolute atomic E-state index is 0.250. The van der Waals surface area contributed by atoms with Crippen LogP contribution in [0.3, 0.4) is 0 Å². The number of hydrogen-bond donors (Lipinski definition) is 2. The molecule has 20 heavy (non-hydrogen) atoms. The van der Waals surface area contributed by atoms with E-state index in [1.807, 2.05) is 0 Å². The fourth-order valence-electron chi connectivity index (χ4n) is 2.04. The molecule has 2 atom stereocenters. The van der Waals surface area contributed by atoms with Gasteiger partial charge in [-0.3, -0.25) is 4.98 Å². The molecule has 0 bridgehead atoms. The van der Waals surface area contributed by atoms with Gasteiger partial charge >= 0.3 is 5.69 Å². The zero-order valence-corrected chi connectivity index (χ0v) is 13.7. The van der Waals surface area contributed by atoms with Crippen LogP contribution < -0.4 is 5.69 Å². The van der Waals surface area contributed by atoms with Gasteiger partial charge in [0.25, 0.3) is 0 Å². The van der Waals surface area contributed by atoms with E-state index in [2.05, 4.69) is 9.97 Å². The molecule has 2 N–H and O–H groups in total. The van der Waals surface area contributed by atoms with Crippen LogP contribution in [0.15, 0.2) is 22.5 Å². The molecule has 0 fully saturated rings. The van der Waals surface area contributed by atoms with Crippen LogP contribution in [-0.2, 0) is 17.3 Å². The molecule has 2 rings (SSSR count). The highest BCUT2D eigenvalue weighted by Gasteiger charge is 2.40. The summed E-state index contributed by atoms with van der Waals surface area (Å²) >= 11 is 6.92. The zero-order chi connectivity index (χ0) is 14.7. The maximum atomic E-state index is 11.2. The molecule has 1 aromatic heterocycles. The van der Waals surface area contributed by atoms with Crippen molar-refractivity contribution < 1.29 is 17.3 Å². The molecule has 0 saturated carbocycles. The second-order valence-electron chi connectivity index (χ2n) is 3.97. The Hall–Kier alpha value is -0.910. The zero-order valence-electron chi connectivity index (χ0n) is 10.8. The van der Waals surface area contributed by atoms with E-state index >= 15 is 0 Å². The lowest BCUT2D eigenvalue weighted by Crippen LogP contribution is -2.22. The van der Waals surface area contributed by atoms with Crippen molar-refractivity contribution in [2.24, 2.45) is 0 Å². The minimum Gasteiger partial charge on any atom is -0.495 e. The van der Waals surface area contributed by atoms with Gasteiger partial charge in [-0.25, -0.2) is 4.79 Å². The normalized spacial score (nSPS) is 21.9. The summed E-state index contributed by atoms with van der Waals surface area (Å²) in [5.74, 6) is 1.09. The number of halogens is 1. The number of aromatic nitrogens is 2. The maximum Gasteiger partial charge on any atom is 0.323 e. The van der Waals surface area contributed by atoms with Gasteiger partial charge in [-0.1, -0.05) is 12.2 Å². The number of H-pyrrole nitrogens is 2.